The molecule has 2 N–H and O–H groups in total. The lowest BCUT2D eigenvalue weighted by molar-refractivity contribution is -0.107. The van der Waals surface area contributed by atoms with E-state index in [-0.39, 0.29) is 0 Å². The third-order valence-electron chi connectivity index (χ3n) is 1.18. The Morgan fingerprint density at radius 1 is 1.25 bits per heavy atom. The Morgan fingerprint density at radius 3 is 2.08 bits per heavy atom. The summed E-state index contributed by atoms with van der Waals surface area (Å²) < 4.78 is 22.8. The second-order valence-electron chi connectivity index (χ2n) is 2.25. The number of hydrogen-bond acceptors (Lipinski definition) is 2. The highest BCUT2D eigenvalue weighted by Crippen LogP contribution is 1.99. The Labute approximate surface area is 75.5 Å². The first kappa shape index (κ1) is 14.3. The summed E-state index contributed by atoms with van der Waals surface area (Å²) in [6.45, 7) is 2.17. The van der Waals surface area contributed by atoms with Gasteiger partial charge in [-0.05, 0) is 6.42 Å². The molecule has 0 rings (SSSR count). The van der Waals surface area contributed by atoms with Crippen LogP contribution in [0.5, 0.6) is 0 Å². The van der Waals surface area contributed by atoms with Gasteiger partial charge in [0, 0.05) is 6.42 Å². The number of carbonyl (C=O) groups excluding carboxylic acids is 1. The molecule has 0 spiro atoms. The van der Waals surface area contributed by atoms with E-state index in [0.717, 1.165) is 19.1 Å². The zero-order valence-electron chi connectivity index (χ0n) is 7.23. The van der Waals surface area contributed by atoms with Gasteiger partial charge < -0.3 is 4.79 Å². The summed E-state index contributed by atoms with van der Waals surface area (Å²) in [7, 11) is 0. The first-order chi connectivity index (χ1) is 5.65. The van der Waals surface area contributed by atoms with Crippen molar-refractivity contribution < 1.29 is 18.1 Å². The van der Waals surface area contributed by atoms with Gasteiger partial charge >= 0.3 is 0 Å². The van der Waals surface area contributed by atoms with Gasteiger partial charge in [-0.15, -0.1) is 0 Å². The molecular formula is C7H16O4S. The summed E-state index contributed by atoms with van der Waals surface area (Å²) in [6.07, 6.45) is 6.56. The van der Waals surface area contributed by atoms with Gasteiger partial charge in [0.25, 0.3) is 11.4 Å². The minimum absolute atomic E-state index is 0.750. The summed E-state index contributed by atoms with van der Waals surface area (Å²) in [5.41, 5.74) is 0. The minimum Gasteiger partial charge on any atom is -0.303 e. The van der Waals surface area contributed by atoms with Crippen LogP contribution in [0.2, 0.25) is 0 Å². The number of unbranched alkanes of at least 4 members (excludes halogenated alkanes) is 4. The molecule has 0 aliphatic rings. The van der Waals surface area contributed by atoms with Crippen LogP contribution in [0, 0.1) is 0 Å². The maximum Gasteiger partial charge on any atom is 0.299 e. The van der Waals surface area contributed by atoms with Crippen molar-refractivity contribution in [2.45, 2.75) is 39.0 Å². The molecule has 0 unspecified atom stereocenters. The zero-order chi connectivity index (χ0) is 9.82. The van der Waals surface area contributed by atoms with E-state index in [1.807, 2.05) is 0 Å². The molecule has 0 saturated heterocycles. The Kier molecular flexibility index (Phi) is 15.9. The smallest absolute Gasteiger partial charge is 0.299 e. The first-order valence-corrected chi connectivity index (χ1v) is 4.95. The van der Waals surface area contributed by atoms with Crippen LogP contribution >= 0.6 is 0 Å². The molecule has 0 aliphatic heterocycles. The molecule has 5 heteroatoms. The van der Waals surface area contributed by atoms with Crippen molar-refractivity contribution in [2.24, 2.45) is 0 Å². The fraction of sp³-hybridized carbons (Fsp3) is 0.857. The Morgan fingerprint density at radius 2 is 1.75 bits per heavy atom. The minimum atomic E-state index is -2.61. The van der Waals surface area contributed by atoms with Crippen LogP contribution in [0.15, 0.2) is 0 Å². The number of hydrogen-bond donors (Lipinski definition) is 2. The van der Waals surface area contributed by atoms with Crippen molar-refractivity contribution in [3.63, 3.8) is 0 Å². The molecule has 0 saturated carbocycles. The second-order valence-corrected chi connectivity index (χ2v) is 2.71. The van der Waals surface area contributed by atoms with E-state index in [1.54, 1.807) is 0 Å². The van der Waals surface area contributed by atoms with Crippen molar-refractivity contribution in [2.75, 3.05) is 0 Å². The van der Waals surface area contributed by atoms with E-state index >= 15 is 0 Å². The van der Waals surface area contributed by atoms with Crippen molar-refractivity contribution in [3.05, 3.63) is 0 Å². The third kappa shape index (κ3) is 33.1. The molecule has 4 nitrogen and oxygen atoms in total. The summed E-state index contributed by atoms with van der Waals surface area (Å²) in [5.74, 6) is 0. The van der Waals surface area contributed by atoms with Crippen LogP contribution in [0.1, 0.15) is 39.0 Å². The third-order valence-corrected chi connectivity index (χ3v) is 1.18. The molecule has 0 aromatic heterocycles. The zero-order valence-corrected chi connectivity index (χ0v) is 8.05. The molecule has 0 aliphatic carbocycles. The lowest BCUT2D eigenvalue weighted by Gasteiger charge is -1.90. The van der Waals surface area contributed by atoms with Crippen molar-refractivity contribution >= 4 is 17.6 Å². The monoisotopic (exact) mass is 196 g/mol. The van der Waals surface area contributed by atoms with E-state index in [1.165, 1.54) is 19.3 Å². The summed E-state index contributed by atoms with van der Waals surface area (Å²) in [4.78, 5) is 9.77. The molecule has 0 aromatic carbocycles. The molecule has 0 radical (unpaired) electrons. The number of aldehydes is 1. The summed E-state index contributed by atoms with van der Waals surface area (Å²) in [6, 6.07) is 0. The Hall–Kier alpha value is -0.260. The molecule has 0 heterocycles. The van der Waals surface area contributed by atoms with Gasteiger partial charge in [-0.1, -0.05) is 26.2 Å². The van der Waals surface area contributed by atoms with Crippen LogP contribution in [-0.4, -0.2) is 19.6 Å². The van der Waals surface area contributed by atoms with Gasteiger partial charge in [-0.2, -0.15) is 4.21 Å². The van der Waals surface area contributed by atoms with Gasteiger partial charge in [-0.25, -0.2) is 0 Å². The van der Waals surface area contributed by atoms with E-state index in [0.29, 0.717) is 0 Å². The van der Waals surface area contributed by atoms with Gasteiger partial charge in [0.2, 0.25) is 0 Å². The number of carbonyl (C=O) groups is 1. The lowest BCUT2D eigenvalue weighted by Crippen LogP contribution is -1.76. The standard InChI is InChI=1S/C7H14O.H2O3S/c1-2-3-4-5-6-7-8;1-4(2)3/h7H,2-6H2,1H3;(H2,1,2,3). The summed E-state index contributed by atoms with van der Waals surface area (Å²) >= 11 is -2.61. The highest BCUT2D eigenvalue weighted by Gasteiger charge is 1.83. The van der Waals surface area contributed by atoms with Crippen LogP contribution < -0.4 is 0 Å². The van der Waals surface area contributed by atoms with Crippen LogP contribution in [0.25, 0.3) is 0 Å². The normalized spacial score (nSPS) is 9.00. The molecule has 74 valence electrons. The van der Waals surface area contributed by atoms with Gasteiger partial charge in [0.15, 0.2) is 0 Å². The fourth-order valence-corrected chi connectivity index (χ4v) is 0.654. The maximum absolute atomic E-state index is 9.77. The lowest BCUT2D eigenvalue weighted by atomic mass is 10.2. The van der Waals surface area contributed by atoms with Gasteiger partial charge in [-0.3, -0.25) is 9.11 Å². The molecule has 0 amide bonds. The average molecular weight is 196 g/mol. The van der Waals surface area contributed by atoms with Crippen LogP contribution in [-0.2, 0) is 16.2 Å². The molecule has 0 aromatic rings. The Bertz CT molecular complexity index is 112. The molecule has 0 fully saturated rings. The SMILES string of the molecule is CCCCCCC=O.O=S(O)O. The summed E-state index contributed by atoms with van der Waals surface area (Å²) in [5, 5.41) is 0. The van der Waals surface area contributed by atoms with Crippen molar-refractivity contribution in [3.8, 4) is 0 Å². The van der Waals surface area contributed by atoms with Crippen LogP contribution in [0.4, 0.5) is 0 Å². The van der Waals surface area contributed by atoms with Crippen molar-refractivity contribution in [1.82, 2.24) is 0 Å². The molecule has 0 atom stereocenters. The highest BCUT2D eigenvalue weighted by molar-refractivity contribution is 7.73. The second kappa shape index (κ2) is 13.3. The molecule has 0 bridgehead atoms. The Balaban J connectivity index is 0. The molecule has 12 heavy (non-hydrogen) atoms. The van der Waals surface area contributed by atoms with Gasteiger partial charge in [0.05, 0.1) is 0 Å². The fourth-order valence-electron chi connectivity index (χ4n) is 0.654. The number of rotatable bonds is 5. The van der Waals surface area contributed by atoms with E-state index < -0.39 is 11.4 Å². The first-order valence-electron chi connectivity index (χ1n) is 3.88. The average Bonchev–Trinajstić information content (AvgIpc) is 1.97. The van der Waals surface area contributed by atoms with E-state index in [4.69, 9.17) is 13.3 Å². The topological polar surface area (TPSA) is 74.6 Å². The highest BCUT2D eigenvalue weighted by atomic mass is 32.2. The largest absolute Gasteiger partial charge is 0.303 e. The van der Waals surface area contributed by atoms with Crippen LogP contribution in [0.3, 0.4) is 0 Å². The molecular weight excluding hydrogens is 180 g/mol. The predicted molar refractivity (Wildman–Crippen MR) is 48.2 cm³/mol. The van der Waals surface area contributed by atoms with Gasteiger partial charge in [0.1, 0.15) is 6.29 Å². The van der Waals surface area contributed by atoms with Crippen molar-refractivity contribution in [1.29, 1.82) is 0 Å². The van der Waals surface area contributed by atoms with E-state index in [2.05, 4.69) is 6.92 Å². The maximum atomic E-state index is 9.77. The predicted octanol–water partition coefficient (Wildman–Crippen LogP) is 1.84. The van der Waals surface area contributed by atoms with E-state index in [9.17, 15) is 4.79 Å². The quantitative estimate of drug-likeness (QED) is 0.399.